The van der Waals surface area contributed by atoms with Crippen LogP contribution in [-0.4, -0.2) is 45.5 Å². The maximum absolute atomic E-state index is 12.7. The number of nitrogens with two attached hydrogens (primary N) is 1. The van der Waals surface area contributed by atoms with Gasteiger partial charge in [0.2, 0.25) is 5.71 Å². The molecule has 0 bridgehead atoms. The second-order valence-electron chi connectivity index (χ2n) is 9.79. The van der Waals surface area contributed by atoms with Crippen molar-refractivity contribution in [3.8, 4) is 11.3 Å². The van der Waals surface area contributed by atoms with Crippen molar-refractivity contribution >= 4 is 17.1 Å². The van der Waals surface area contributed by atoms with Crippen LogP contribution in [0.15, 0.2) is 45.7 Å². The van der Waals surface area contributed by atoms with E-state index < -0.39 is 36.1 Å². The summed E-state index contributed by atoms with van der Waals surface area (Å²) in [5.74, 6) is -0.00235. The molecule has 0 aliphatic carbocycles. The first-order valence-electron chi connectivity index (χ1n) is 12.6. The summed E-state index contributed by atoms with van der Waals surface area (Å²) in [5, 5.41) is 11.1. The Kier molecular flexibility index (Phi) is 9.64. The number of carbonyl (C=O) groups is 1. The number of aliphatic hydroxyl groups is 1. The minimum absolute atomic E-state index is 0. The molecule has 3 aromatic rings. The minimum Gasteiger partial charge on any atom is -0.462 e. The number of nitrogens with zero attached hydrogens (tertiary/aromatic N) is 2. The van der Waals surface area contributed by atoms with Gasteiger partial charge in [-0.15, -0.1) is 0 Å². The molecule has 9 nitrogen and oxygen atoms in total. The molecule has 3 heterocycles. The Morgan fingerprint density at radius 1 is 1.27 bits per heavy atom. The average Bonchev–Trinajstić information content (AvgIpc) is 3.44. The maximum Gasteiger partial charge on any atom is 0.353 e. The van der Waals surface area contributed by atoms with Crippen molar-refractivity contribution in [3.05, 3.63) is 52.6 Å². The number of fused-ring (bicyclic) bond motifs is 1. The number of ether oxygens (including phenoxy) is 2. The van der Waals surface area contributed by atoms with Crippen LogP contribution in [0.1, 0.15) is 65.7 Å². The van der Waals surface area contributed by atoms with Gasteiger partial charge in [0.25, 0.3) is 0 Å². The number of hydrogen-bond donors (Lipinski definition) is 2. The molecule has 1 fully saturated rings. The number of rotatable bonds is 10. The minimum atomic E-state index is -0.906. The van der Waals surface area contributed by atoms with Gasteiger partial charge in [0.15, 0.2) is 0 Å². The SMILES string of the molecule is C.CCCCCc1ccc(-c2cc3cn(C4CC(O)C(COC(=O)C(N)C(C)C)O4)c(=O)nc3o2)cc1. The van der Waals surface area contributed by atoms with Gasteiger partial charge < -0.3 is 24.7 Å². The standard InChI is InChI=1S/C27H35N3O6.CH4/c1-4-5-6-7-17-8-10-18(11-9-17)21-12-19-14-30(27(33)29-25(19)36-21)23-13-20(31)22(35-23)15-34-26(32)24(28)16(2)3;/h8-12,14,16,20,22-24,31H,4-7,13,15,28H2,1-3H3;1H4. The molecule has 37 heavy (non-hydrogen) atoms. The zero-order valence-electron chi connectivity index (χ0n) is 21.1. The Morgan fingerprint density at radius 2 is 2.00 bits per heavy atom. The van der Waals surface area contributed by atoms with Gasteiger partial charge in [-0.1, -0.05) is 65.3 Å². The van der Waals surface area contributed by atoms with E-state index in [0.717, 1.165) is 12.0 Å². The van der Waals surface area contributed by atoms with Crippen LogP contribution in [0.4, 0.5) is 0 Å². The molecule has 4 atom stereocenters. The molecule has 1 aliphatic rings. The Labute approximate surface area is 217 Å². The zero-order valence-corrected chi connectivity index (χ0v) is 21.1. The second kappa shape index (κ2) is 12.5. The van der Waals surface area contributed by atoms with Crippen molar-refractivity contribution in [1.29, 1.82) is 0 Å². The van der Waals surface area contributed by atoms with Crippen LogP contribution in [0.3, 0.4) is 0 Å². The van der Waals surface area contributed by atoms with Crippen molar-refractivity contribution in [2.45, 2.75) is 84.8 Å². The largest absolute Gasteiger partial charge is 0.462 e. The van der Waals surface area contributed by atoms with Crippen LogP contribution in [-0.2, 0) is 20.7 Å². The highest BCUT2D eigenvalue weighted by molar-refractivity contribution is 5.79. The normalized spacial score (nSPS) is 20.2. The van der Waals surface area contributed by atoms with Gasteiger partial charge in [0, 0.05) is 18.2 Å². The fourth-order valence-electron chi connectivity index (χ4n) is 4.26. The van der Waals surface area contributed by atoms with Gasteiger partial charge in [0.1, 0.15) is 30.7 Å². The predicted molar refractivity (Wildman–Crippen MR) is 142 cm³/mol. The van der Waals surface area contributed by atoms with Crippen LogP contribution in [0.25, 0.3) is 22.4 Å². The van der Waals surface area contributed by atoms with E-state index in [1.165, 1.54) is 29.4 Å². The summed E-state index contributed by atoms with van der Waals surface area (Å²) in [6.07, 6.45) is 4.00. The van der Waals surface area contributed by atoms with E-state index in [0.29, 0.717) is 11.1 Å². The Balaban J connectivity index is 0.00000380. The number of unbranched alkanes of at least 4 members (excludes halogenated alkanes) is 2. The highest BCUT2D eigenvalue weighted by atomic mass is 16.6. The lowest BCUT2D eigenvalue weighted by Crippen LogP contribution is -2.39. The number of aryl methyl sites for hydroxylation is 1. The van der Waals surface area contributed by atoms with Gasteiger partial charge in [-0.2, -0.15) is 4.98 Å². The molecule has 0 spiro atoms. The van der Waals surface area contributed by atoms with Crippen molar-refractivity contribution in [2.75, 3.05) is 6.61 Å². The molecule has 2 aromatic heterocycles. The lowest BCUT2D eigenvalue weighted by molar-refractivity contribution is -0.152. The number of carbonyl (C=O) groups excluding carboxylic acids is 1. The first kappa shape index (κ1) is 28.6. The molecule has 1 aliphatic heterocycles. The highest BCUT2D eigenvalue weighted by Crippen LogP contribution is 2.31. The second-order valence-corrected chi connectivity index (χ2v) is 9.79. The van der Waals surface area contributed by atoms with Gasteiger partial charge in [-0.05, 0) is 30.4 Å². The van der Waals surface area contributed by atoms with Gasteiger partial charge in [-0.25, -0.2) is 4.79 Å². The molecular formula is C28H39N3O6. The topological polar surface area (TPSA) is 130 Å². The van der Waals surface area contributed by atoms with Crippen molar-refractivity contribution in [2.24, 2.45) is 11.7 Å². The average molecular weight is 514 g/mol. The fraction of sp³-hybridized carbons (Fsp3) is 0.536. The summed E-state index contributed by atoms with van der Waals surface area (Å²) >= 11 is 0. The summed E-state index contributed by atoms with van der Waals surface area (Å²) < 4.78 is 18.3. The number of aliphatic hydroxyl groups excluding tert-OH is 1. The van der Waals surface area contributed by atoms with Crippen LogP contribution in [0.5, 0.6) is 0 Å². The Bertz CT molecular complexity index is 1230. The Hall–Kier alpha value is -3.01. The van der Waals surface area contributed by atoms with Crippen LogP contribution in [0, 0.1) is 5.92 Å². The van der Waals surface area contributed by atoms with E-state index in [9.17, 15) is 14.7 Å². The summed E-state index contributed by atoms with van der Waals surface area (Å²) in [6, 6.07) is 9.31. The maximum atomic E-state index is 12.7. The molecule has 0 saturated carbocycles. The van der Waals surface area contributed by atoms with Gasteiger partial charge in [0.05, 0.1) is 11.5 Å². The molecule has 1 saturated heterocycles. The zero-order chi connectivity index (χ0) is 25.8. The predicted octanol–water partition coefficient (Wildman–Crippen LogP) is 4.20. The number of aromatic nitrogens is 2. The molecule has 4 unspecified atom stereocenters. The molecular weight excluding hydrogens is 474 g/mol. The Morgan fingerprint density at radius 3 is 2.68 bits per heavy atom. The van der Waals surface area contributed by atoms with E-state index in [1.807, 2.05) is 32.0 Å². The first-order chi connectivity index (χ1) is 17.3. The van der Waals surface area contributed by atoms with Crippen molar-refractivity contribution in [3.63, 3.8) is 0 Å². The monoisotopic (exact) mass is 513 g/mol. The number of furan rings is 1. The summed E-state index contributed by atoms with van der Waals surface area (Å²) in [6.45, 7) is 5.69. The van der Waals surface area contributed by atoms with Gasteiger partial charge in [-0.3, -0.25) is 9.36 Å². The molecule has 3 N–H and O–H groups in total. The molecule has 1 aromatic carbocycles. The molecule has 0 radical (unpaired) electrons. The third-order valence-corrected chi connectivity index (χ3v) is 6.64. The van der Waals surface area contributed by atoms with E-state index >= 15 is 0 Å². The van der Waals surface area contributed by atoms with Crippen molar-refractivity contribution < 1.29 is 23.8 Å². The van der Waals surface area contributed by atoms with Crippen LogP contribution < -0.4 is 11.4 Å². The highest BCUT2D eigenvalue weighted by Gasteiger charge is 2.37. The fourth-order valence-corrected chi connectivity index (χ4v) is 4.26. The first-order valence-corrected chi connectivity index (χ1v) is 12.6. The lowest BCUT2D eigenvalue weighted by Gasteiger charge is -2.18. The summed E-state index contributed by atoms with van der Waals surface area (Å²) in [4.78, 5) is 28.8. The smallest absolute Gasteiger partial charge is 0.353 e. The van der Waals surface area contributed by atoms with Crippen molar-refractivity contribution in [1.82, 2.24) is 9.55 Å². The van der Waals surface area contributed by atoms with E-state index in [1.54, 1.807) is 6.20 Å². The molecule has 4 rings (SSSR count). The lowest BCUT2D eigenvalue weighted by atomic mass is 10.0. The van der Waals surface area contributed by atoms with Crippen LogP contribution in [0.2, 0.25) is 0 Å². The number of hydrogen-bond acceptors (Lipinski definition) is 8. The van der Waals surface area contributed by atoms with Crippen LogP contribution >= 0.6 is 0 Å². The van der Waals surface area contributed by atoms with E-state index in [4.69, 9.17) is 19.6 Å². The van der Waals surface area contributed by atoms with Gasteiger partial charge >= 0.3 is 11.7 Å². The number of esters is 1. The summed E-state index contributed by atoms with van der Waals surface area (Å²) in [7, 11) is 0. The third kappa shape index (κ3) is 6.66. The van der Waals surface area contributed by atoms with E-state index in [2.05, 4.69) is 24.0 Å². The third-order valence-electron chi connectivity index (χ3n) is 6.64. The number of benzene rings is 1. The quantitative estimate of drug-likeness (QED) is 0.305. The summed E-state index contributed by atoms with van der Waals surface area (Å²) in [5.41, 5.74) is 7.68. The molecule has 9 heteroatoms. The molecule has 202 valence electrons. The van der Waals surface area contributed by atoms with E-state index in [-0.39, 0.29) is 32.1 Å². The molecule has 0 amide bonds.